The Balaban J connectivity index is 1.72. The van der Waals surface area contributed by atoms with Crippen molar-refractivity contribution in [2.24, 2.45) is 0 Å². The highest BCUT2D eigenvalue weighted by molar-refractivity contribution is 7.22. The lowest BCUT2D eigenvalue weighted by atomic mass is 10.2. The molecule has 3 heterocycles. The third-order valence-electron chi connectivity index (χ3n) is 3.93. The highest BCUT2D eigenvalue weighted by Gasteiger charge is 2.18. The van der Waals surface area contributed by atoms with Gasteiger partial charge in [-0.1, -0.05) is 35.1 Å². The van der Waals surface area contributed by atoms with Crippen molar-refractivity contribution in [1.29, 1.82) is 0 Å². The van der Waals surface area contributed by atoms with Crippen LogP contribution in [0.5, 0.6) is 0 Å². The zero-order valence-electron chi connectivity index (χ0n) is 12.8. The molecule has 8 heteroatoms. The molecule has 0 unspecified atom stereocenters. The molecule has 2 aromatic heterocycles. The molecule has 0 saturated carbocycles. The van der Waals surface area contributed by atoms with Crippen molar-refractivity contribution in [1.82, 2.24) is 14.5 Å². The second kappa shape index (κ2) is 6.51. The quantitative estimate of drug-likeness (QED) is 0.716. The lowest BCUT2D eigenvalue weighted by Gasteiger charge is -2.25. The van der Waals surface area contributed by atoms with Crippen LogP contribution in [-0.2, 0) is 11.3 Å². The maximum Gasteiger partial charge on any atom is 0.292 e. The van der Waals surface area contributed by atoms with Crippen LogP contribution in [0.4, 0.5) is 5.13 Å². The number of hydrogen-bond acceptors (Lipinski definition) is 6. The minimum absolute atomic E-state index is 0.227. The van der Waals surface area contributed by atoms with E-state index >= 15 is 0 Å². The van der Waals surface area contributed by atoms with Crippen LogP contribution in [0.1, 0.15) is 5.56 Å². The van der Waals surface area contributed by atoms with E-state index in [2.05, 4.69) is 9.88 Å². The largest absolute Gasteiger partial charge is 0.378 e. The van der Waals surface area contributed by atoms with Crippen LogP contribution in [-0.4, -0.2) is 40.8 Å². The topological polar surface area (TPSA) is 60.2 Å². The highest BCUT2D eigenvalue weighted by Crippen LogP contribution is 2.27. The van der Waals surface area contributed by atoms with E-state index in [0.717, 1.165) is 23.8 Å². The number of aromatic nitrogens is 3. The van der Waals surface area contributed by atoms with Gasteiger partial charge in [-0.2, -0.15) is 4.98 Å². The van der Waals surface area contributed by atoms with Crippen LogP contribution in [0.3, 0.4) is 0 Å². The maximum absolute atomic E-state index is 12.1. The number of morpholine rings is 1. The second-order valence-corrected chi connectivity index (χ2v) is 6.97. The summed E-state index contributed by atoms with van der Waals surface area (Å²) in [5.74, 6) is 0. The predicted octanol–water partition coefficient (Wildman–Crippen LogP) is 2.39. The Morgan fingerprint density at radius 3 is 2.71 bits per heavy atom. The van der Waals surface area contributed by atoms with Crippen molar-refractivity contribution in [2.45, 2.75) is 6.54 Å². The highest BCUT2D eigenvalue weighted by atomic mass is 35.5. The van der Waals surface area contributed by atoms with Gasteiger partial charge in [-0.15, -0.1) is 0 Å². The Bertz CT molecular complexity index is 916. The van der Waals surface area contributed by atoms with Crippen molar-refractivity contribution in [3.05, 3.63) is 51.5 Å². The normalized spacial score (nSPS) is 15.1. The van der Waals surface area contributed by atoms with Crippen LogP contribution < -0.4 is 10.5 Å². The first-order valence-corrected chi connectivity index (χ1v) is 8.83. The molecular formula is C16H15ClN4O2S. The molecule has 0 atom stereocenters. The molecule has 1 aromatic carbocycles. The van der Waals surface area contributed by atoms with Crippen LogP contribution in [0, 0.1) is 0 Å². The SMILES string of the molecule is O=c1ncn(Cc2ccc(Cl)cc2)c2nc(N3CCOCC3)sc12. The van der Waals surface area contributed by atoms with Gasteiger partial charge in [0, 0.05) is 18.1 Å². The molecule has 0 radical (unpaired) electrons. The Hall–Kier alpha value is -1.96. The van der Waals surface area contributed by atoms with Crippen LogP contribution >= 0.6 is 22.9 Å². The molecule has 0 spiro atoms. The summed E-state index contributed by atoms with van der Waals surface area (Å²) < 4.78 is 7.87. The number of anilines is 1. The number of thiazole rings is 1. The van der Waals surface area contributed by atoms with Crippen LogP contribution in [0.15, 0.2) is 35.4 Å². The lowest BCUT2D eigenvalue weighted by molar-refractivity contribution is 0.122. The first-order valence-electron chi connectivity index (χ1n) is 7.64. The number of fused-ring (bicyclic) bond motifs is 1. The maximum atomic E-state index is 12.1. The monoisotopic (exact) mass is 362 g/mol. The Morgan fingerprint density at radius 2 is 1.96 bits per heavy atom. The summed E-state index contributed by atoms with van der Waals surface area (Å²) in [5, 5.41) is 1.55. The summed E-state index contributed by atoms with van der Waals surface area (Å²) in [7, 11) is 0. The van der Waals surface area contributed by atoms with Gasteiger partial charge < -0.3 is 14.2 Å². The van der Waals surface area contributed by atoms with E-state index in [-0.39, 0.29) is 5.56 Å². The summed E-state index contributed by atoms with van der Waals surface area (Å²) in [6, 6.07) is 7.62. The van der Waals surface area contributed by atoms with E-state index in [1.165, 1.54) is 11.3 Å². The second-order valence-electron chi connectivity index (χ2n) is 5.55. The smallest absolute Gasteiger partial charge is 0.292 e. The fourth-order valence-electron chi connectivity index (χ4n) is 2.66. The van der Waals surface area contributed by atoms with E-state index in [4.69, 9.17) is 21.3 Å². The van der Waals surface area contributed by atoms with Gasteiger partial charge in [0.1, 0.15) is 11.0 Å². The molecule has 1 aliphatic rings. The van der Waals surface area contributed by atoms with E-state index in [1.807, 2.05) is 28.8 Å². The molecule has 1 aliphatic heterocycles. The fourth-order valence-corrected chi connectivity index (χ4v) is 3.81. The number of ether oxygens (including phenoxy) is 1. The van der Waals surface area contributed by atoms with Gasteiger partial charge in [-0.3, -0.25) is 4.79 Å². The van der Waals surface area contributed by atoms with Gasteiger partial charge in [0.15, 0.2) is 10.8 Å². The Labute approximate surface area is 147 Å². The van der Waals surface area contributed by atoms with Crippen molar-refractivity contribution >= 4 is 38.4 Å². The average Bonchev–Trinajstić information content (AvgIpc) is 3.07. The minimum Gasteiger partial charge on any atom is -0.378 e. The molecule has 24 heavy (non-hydrogen) atoms. The van der Waals surface area contributed by atoms with Crippen molar-refractivity contribution in [3.63, 3.8) is 0 Å². The summed E-state index contributed by atoms with van der Waals surface area (Å²) >= 11 is 7.33. The first-order chi connectivity index (χ1) is 11.7. The predicted molar refractivity (Wildman–Crippen MR) is 95.3 cm³/mol. The molecule has 0 amide bonds. The molecule has 1 saturated heterocycles. The molecule has 0 bridgehead atoms. The summed E-state index contributed by atoms with van der Waals surface area (Å²) in [4.78, 5) is 22.9. The molecule has 3 aromatic rings. The number of nitrogens with zero attached hydrogens (tertiary/aromatic N) is 4. The summed E-state index contributed by atoms with van der Waals surface area (Å²) in [6.07, 6.45) is 1.56. The van der Waals surface area contributed by atoms with E-state index in [0.29, 0.717) is 35.1 Å². The van der Waals surface area contributed by atoms with E-state index in [9.17, 15) is 4.79 Å². The molecule has 4 rings (SSSR count). The van der Waals surface area contributed by atoms with Gasteiger partial charge in [0.25, 0.3) is 5.56 Å². The minimum atomic E-state index is -0.227. The fraction of sp³-hybridized carbons (Fsp3) is 0.312. The molecule has 124 valence electrons. The Kier molecular flexibility index (Phi) is 4.22. The van der Waals surface area contributed by atoms with Crippen molar-refractivity contribution in [2.75, 3.05) is 31.2 Å². The third-order valence-corrected chi connectivity index (χ3v) is 5.27. The molecular weight excluding hydrogens is 348 g/mol. The van der Waals surface area contributed by atoms with Gasteiger partial charge in [-0.05, 0) is 17.7 Å². The zero-order chi connectivity index (χ0) is 16.5. The first kappa shape index (κ1) is 15.6. The molecule has 6 nitrogen and oxygen atoms in total. The van der Waals surface area contributed by atoms with Crippen molar-refractivity contribution in [3.8, 4) is 0 Å². The lowest BCUT2D eigenvalue weighted by Crippen LogP contribution is -2.36. The number of benzene rings is 1. The van der Waals surface area contributed by atoms with Crippen molar-refractivity contribution < 1.29 is 4.74 Å². The van der Waals surface area contributed by atoms with Crippen LogP contribution in [0.25, 0.3) is 10.3 Å². The van der Waals surface area contributed by atoms with E-state index in [1.54, 1.807) is 6.33 Å². The van der Waals surface area contributed by atoms with Gasteiger partial charge in [-0.25, -0.2) is 4.98 Å². The van der Waals surface area contributed by atoms with Crippen LogP contribution in [0.2, 0.25) is 5.02 Å². The zero-order valence-corrected chi connectivity index (χ0v) is 14.4. The molecule has 1 fully saturated rings. The standard InChI is InChI=1S/C16H15ClN4O2S/c17-12-3-1-11(2-4-12)9-21-10-18-15(22)13-14(21)19-16(24-13)20-5-7-23-8-6-20/h1-4,10H,5-9H2. The third kappa shape index (κ3) is 3.02. The van der Waals surface area contributed by atoms with Gasteiger partial charge >= 0.3 is 0 Å². The summed E-state index contributed by atoms with van der Waals surface area (Å²) in [5.41, 5.74) is 1.53. The summed E-state index contributed by atoms with van der Waals surface area (Å²) in [6.45, 7) is 3.54. The van der Waals surface area contributed by atoms with Gasteiger partial charge in [0.2, 0.25) is 0 Å². The molecule has 0 N–H and O–H groups in total. The average molecular weight is 363 g/mol. The number of halogens is 1. The number of hydrogen-bond donors (Lipinski definition) is 0. The van der Waals surface area contributed by atoms with E-state index < -0.39 is 0 Å². The molecule has 0 aliphatic carbocycles. The number of rotatable bonds is 3. The Morgan fingerprint density at radius 1 is 1.21 bits per heavy atom. The van der Waals surface area contributed by atoms with Gasteiger partial charge in [0.05, 0.1) is 19.8 Å².